The Morgan fingerprint density at radius 1 is 0.528 bits per heavy atom. The predicted octanol–water partition coefficient (Wildman–Crippen LogP) is 11.0. The Balaban J connectivity index is 0.0000504. The highest BCUT2D eigenvalue weighted by atomic mass is 31.2. The number of quaternary nitrogens is 1. The average molecular weight is 1050 g/mol. The zero-order valence-electron chi connectivity index (χ0n) is 45.0. The van der Waals surface area contributed by atoms with E-state index in [1.165, 1.54) is 141 Å². The molecular weight excluding hydrogens is 948 g/mol. The number of phosphoric ester groups is 1. The standard InChI is InChI=1S/C53H96N3O14P.H3N/c1-3-5-7-9-11-13-15-17-19-21-23-25-27-29-31-33-51(60)67-45-47(70-52(61)34-32-30-28-26-24-22-20-18-16-14-12-10-8-6-4-2)46-69-71(63,64)68-42-39-55-53(62)66-44-43-65-41-38-54-48(57)37-40-56-49(58)35-36-50(56)59;/h35-36,47H,3-34,37-46H2,1-2H3,(H,54,57)(H,55,62)(H,63,64);1H3/t47-;/m1./s1. The molecular formula is C53H99N4O14P. The molecule has 0 aliphatic carbocycles. The van der Waals surface area contributed by atoms with E-state index >= 15 is 0 Å². The van der Waals surface area contributed by atoms with Crippen LogP contribution in [0.5, 0.6) is 0 Å². The van der Waals surface area contributed by atoms with Gasteiger partial charge in [0.15, 0.2) is 6.10 Å². The minimum atomic E-state index is -4.92. The fourth-order valence-corrected chi connectivity index (χ4v) is 8.72. The Morgan fingerprint density at radius 3 is 1.43 bits per heavy atom. The van der Waals surface area contributed by atoms with Crippen LogP contribution in [-0.4, -0.2) is 106 Å². The molecule has 0 spiro atoms. The number of nitrogens with zero attached hydrogens (tertiary/aromatic N) is 1. The third-order valence-electron chi connectivity index (χ3n) is 12.2. The van der Waals surface area contributed by atoms with Crippen LogP contribution in [0.3, 0.4) is 0 Å². The first-order valence-electron chi connectivity index (χ1n) is 27.7. The number of hydrogen-bond donors (Lipinski definition) is 3. The fraction of sp³-hybridized carbons (Fsp3) is 0.849. The summed E-state index contributed by atoms with van der Waals surface area (Å²) in [5.41, 5.74) is 0. The Kier molecular flexibility index (Phi) is 46.2. The second kappa shape index (κ2) is 48.5. The van der Waals surface area contributed by atoms with Gasteiger partial charge in [-0.3, -0.25) is 33.4 Å². The highest BCUT2D eigenvalue weighted by Gasteiger charge is 2.24. The first-order chi connectivity index (χ1) is 34.5. The minimum absolute atomic E-state index is 0. The Morgan fingerprint density at radius 2 is 0.958 bits per heavy atom. The third kappa shape index (κ3) is 43.0. The summed E-state index contributed by atoms with van der Waals surface area (Å²) in [4.78, 5) is 86.0. The van der Waals surface area contributed by atoms with Crippen LogP contribution >= 0.6 is 7.82 Å². The SMILES string of the molecule is CCCCCCCCCCCCCCCCCC(=O)OC[C@H](COP(=O)([O-])OCCNC(=O)OCCOCCNC(=O)CCN1C(=O)C=CC1=O)OC(=O)CCCCCCCCCCCCCCCCC.[NH4+]. The number of carbonyl (C=O) groups excluding carboxylic acids is 6. The molecule has 19 heteroatoms. The van der Waals surface area contributed by atoms with E-state index in [4.69, 9.17) is 28.0 Å². The Labute approximate surface area is 433 Å². The molecule has 1 aliphatic rings. The van der Waals surface area contributed by atoms with Crippen molar-refractivity contribution < 1.29 is 66.2 Å². The highest BCUT2D eigenvalue weighted by molar-refractivity contribution is 7.45. The first kappa shape index (κ1) is 68.6. The molecule has 0 saturated heterocycles. The largest absolute Gasteiger partial charge is 0.756 e. The highest BCUT2D eigenvalue weighted by Crippen LogP contribution is 2.38. The molecule has 1 rings (SSSR count). The smallest absolute Gasteiger partial charge is 0.407 e. The number of unbranched alkanes of at least 4 members (excludes halogenated alkanes) is 28. The number of carbonyl (C=O) groups is 6. The van der Waals surface area contributed by atoms with Crippen molar-refractivity contribution in [3.05, 3.63) is 12.2 Å². The summed E-state index contributed by atoms with van der Waals surface area (Å²) < 4.78 is 43.7. The molecule has 1 unspecified atom stereocenters. The van der Waals surface area contributed by atoms with Crippen molar-refractivity contribution in [2.24, 2.45) is 0 Å². The Hall–Kier alpha value is -3.41. The number of esters is 2. The normalized spacial score (nSPS) is 13.4. The van der Waals surface area contributed by atoms with Crippen molar-refractivity contribution in [2.45, 2.75) is 232 Å². The number of ether oxygens (including phenoxy) is 4. The summed E-state index contributed by atoms with van der Waals surface area (Å²) in [5, 5.41) is 4.94. The van der Waals surface area contributed by atoms with Gasteiger partial charge in [-0.15, -0.1) is 0 Å². The van der Waals surface area contributed by atoms with Crippen molar-refractivity contribution in [1.29, 1.82) is 0 Å². The van der Waals surface area contributed by atoms with Gasteiger partial charge in [0.1, 0.15) is 13.2 Å². The van der Waals surface area contributed by atoms with Gasteiger partial charge in [0.05, 0.1) is 26.4 Å². The number of rotatable bonds is 51. The van der Waals surface area contributed by atoms with Crippen LogP contribution in [0.15, 0.2) is 12.2 Å². The maximum absolute atomic E-state index is 12.8. The van der Waals surface area contributed by atoms with E-state index in [1.54, 1.807) is 0 Å². The summed E-state index contributed by atoms with van der Waals surface area (Å²) in [6.07, 6.45) is 36.7. The summed E-state index contributed by atoms with van der Waals surface area (Å²) >= 11 is 0. The van der Waals surface area contributed by atoms with Gasteiger partial charge < -0.3 is 49.7 Å². The van der Waals surface area contributed by atoms with Gasteiger partial charge in [-0.05, 0) is 12.8 Å². The average Bonchev–Trinajstić information content (AvgIpc) is 3.67. The van der Waals surface area contributed by atoms with Crippen molar-refractivity contribution in [3.63, 3.8) is 0 Å². The number of alkyl carbamates (subject to hydrolysis) is 1. The molecule has 0 saturated carbocycles. The van der Waals surface area contributed by atoms with Gasteiger partial charge in [0.2, 0.25) is 5.91 Å². The number of hydrogen-bond acceptors (Lipinski definition) is 14. The third-order valence-corrected chi connectivity index (χ3v) is 13.2. The lowest BCUT2D eigenvalue weighted by atomic mass is 10.0. The lowest BCUT2D eigenvalue weighted by molar-refractivity contribution is -0.228. The van der Waals surface area contributed by atoms with Crippen molar-refractivity contribution >= 4 is 43.6 Å². The quantitative estimate of drug-likeness (QED) is 0.0168. The van der Waals surface area contributed by atoms with Gasteiger partial charge in [0.25, 0.3) is 19.6 Å². The van der Waals surface area contributed by atoms with E-state index in [2.05, 4.69) is 24.5 Å². The summed E-state index contributed by atoms with van der Waals surface area (Å²) in [7, 11) is -4.92. The summed E-state index contributed by atoms with van der Waals surface area (Å²) in [5.74, 6) is -2.27. The molecule has 0 aromatic rings. The molecule has 6 N–H and O–H groups in total. The van der Waals surface area contributed by atoms with E-state index in [0.717, 1.165) is 55.6 Å². The van der Waals surface area contributed by atoms with Crippen LogP contribution in [0, 0.1) is 0 Å². The maximum atomic E-state index is 12.8. The van der Waals surface area contributed by atoms with Crippen molar-refractivity contribution in [2.75, 3.05) is 59.3 Å². The lowest BCUT2D eigenvalue weighted by Gasteiger charge is -2.25. The van der Waals surface area contributed by atoms with Gasteiger partial charge in [-0.2, -0.15) is 0 Å². The van der Waals surface area contributed by atoms with E-state index in [0.29, 0.717) is 12.8 Å². The second-order valence-corrected chi connectivity index (χ2v) is 20.1. The van der Waals surface area contributed by atoms with Gasteiger partial charge >= 0.3 is 18.0 Å². The summed E-state index contributed by atoms with van der Waals surface area (Å²) in [6, 6.07) is 0. The monoisotopic (exact) mass is 1050 g/mol. The first-order valence-corrected chi connectivity index (χ1v) is 29.2. The van der Waals surface area contributed by atoms with Crippen LogP contribution in [-0.2, 0) is 56.5 Å². The van der Waals surface area contributed by atoms with Crippen LogP contribution in [0.4, 0.5) is 4.79 Å². The van der Waals surface area contributed by atoms with E-state index in [-0.39, 0.29) is 77.4 Å². The van der Waals surface area contributed by atoms with Crippen LogP contribution in [0.25, 0.3) is 0 Å². The van der Waals surface area contributed by atoms with E-state index in [9.17, 15) is 38.2 Å². The molecule has 0 aromatic carbocycles. The number of nitrogens with one attached hydrogen (secondary N) is 2. The fourth-order valence-electron chi connectivity index (χ4n) is 7.98. The molecule has 2 atom stereocenters. The summed E-state index contributed by atoms with van der Waals surface area (Å²) in [6.45, 7) is 2.95. The zero-order valence-corrected chi connectivity index (χ0v) is 45.9. The van der Waals surface area contributed by atoms with Crippen LogP contribution in [0.1, 0.15) is 226 Å². The molecule has 0 radical (unpaired) electrons. The maximum Gasteiger partial charge on any atom is 0.407 e. The minimum Gasteiger partial charge on any atom is -0.756 e. The molecule has 0 fully saturated rings. The van der Waals surface area contributed by atoms with E-state index in [1.807, 2.05) is 0 Å². The van der Waals surface area contributed by atoms with Gasteiger partial charge in [-0.1, -0.05) is 194 Å². The van der Waals surface area contributed by atoms with Crippen LogP contribution < -0.4 is 21.7 Å². The molecule has 1 aliphatic heterocycles. The van der Waals surface area contributed by atoms with Crippen molar-refractivity contribution in [1.82, 2.24) is 21.7 Å². The zero-order chi connectivity index (χ0) is 51.9. The second-order valence-electron chi connectivity index (χ2n) is 18.7. The molecule has 18 nitrogen and oxygen atoms in total. The molecule has 0 bridgehead atoms. The molecule has 1 heterocycles. The number of imide groups is 1. The Bertz CT molecular complexity index is 1470. The van der Waals surface area contributed by atoms with Gasteiger partial charge in [0, 0.05) is 51.0 Å². The lowest BCUT2D eigenvalue weighted by Crippen LogP contribution is -2.35. The molecule has 4 amide bonds. The van der Waals surface area contributed by atoms with Crippen LogP contribution in [0.2, 0.25) is 0 Å². The number of amides is 4. The van der Waals surface area contributed by atoms with Crippen molar-refractivity contribution in [3.8, 4) is 0 Å². The molecule has 72 heavy (non-hydrogen) atoms. The van der Waals surface area contributed by atoms with E-state index < -0.39 is 57.0 Å². The predicted molar refractivity (Wildman–Crippen MR) is 279 cm³/mol. The van der Waals surface area contributed by atoms with Gasteiger partial charge in [-0.25, -0.2) is 4.79 Å². The number of phosphoric acid groups is 1. The molecule has 0 aromatic heterocycles. The topological polar surface area (TPSA) is 262 Å². The molecule has 420 valence electrons.